The molecule has 0 unspecified atom stereocenters. The first kappa shape index (κ1) is 19.9. The summed E-state index contributed by atoms with van der Waals surface area (Å²) >= 11 is 6.86. The SMILES string of the molecule is Cc1nnc(NS(=O)(=O)c2ccc(NC(=O)C(=O)c3ccc(Cl)cc3)cc2)s1. The fourth-order valence-electron chi connectivity index (χ4n) is 2.15. The van der Waals surface area contributed by atoms with Crippen LogP contribution in [-0.2, 0) is 14.8 Å². The van der Waals surface area contributed by atoms with E-state index in [-0.39, 0.29) is 21.3 Å². The highest BCUT2D eigenvalue weighted by molar-refractivity contribution is 7.93. The van der Waals surface area contributed by atoms with Gasteiger partial charge in [-0.1, -0.05) is 22.9 Å². The fraction of sp³-hybridized carbons (Fsp3) is 0.0588. The van der Waals surface area contributed by atoms with Gasteiger partial charge < -0.3 is 5.32 Å². The first-order valence-electron chi connectivity index (χ1n) is 7.79. The number of carbonyl (C=O) groups is 2. The number of rotatable bonds is 6. The average molecular weight is 437 g/mol. The summed E-state index contributed by atoms with van der Waals surface area (Å²) in [5.74, 6) is -1.58. The third-order valence-electron chi connectivity index (χ3n) is 3.48. The number of amides is 1. The van der Waals surface area contributed by atoms with Crippen molar-refractivity contribution in [3.63, 3.8) is 0 Å². The van der Waals surface area contributed by atoms with Gasteiger partial charge in [0.05, 0.1) is 4.90 Å². The normalized spacial score (nSPS) is 11.1. The molecule has 0 spiro atoms. The molecule has 0 aliphatic carbocycles. The maximum atomic E-state index is 12.3. The molecule has 0 aliphatic heterocycles. The van der Waals surface area contributed by atoms with E-state index >= 15 is 0 Å². The molecule has 1 amide bonds. The summed E-state index contributed by atoms with van der Waals surface area (Å²) in [6, 6.07) is 11.3. The van der Waals surface area contributed by atoms with Crippen LogP contribution < -0.4 is 10.0 Å². The van der Waals surface area contributed by atoms with Crippen molar-refractivity contribution < 1.29 is 18.0 Å². The van der Waals surface area contributed by atoms with Crippen LogP contribution in [0.5, 0.6) is 0 Å². The number of hydrogen-bond donors (Lipinski definition) is 2. The lowest BCUT2D eigenvalue weighted by molar-refractivity contribution is -0.112. The summed E-state index contributed by atoms with van der Waals surface area (Å²) in [4.78, 5) is 24.2. The molecule has 0 radical (unpaired) electrons. The smallest absolute Gasteiger partial charge is 0.296 e. The summed E-state index contributed by atoms with van der Waals surface area (Å²) in [6.07, 6.45) is 0. The van der Waals surface area contributed by atoms with Crippen molar-refractivity contribution in [3.8, 4) is 0 Å². The topological polar surface area (TPSA) is 118 Å². The number of sulfonamides is 1. The Labute approximate surface area is 169 Å². The highest BCUT2D eigenvalue weighted by Crippen LogP contribution is 2.21. The van der Waals surface area contributed by atoms with Crippen molar-refractivity contribution in [1.29, 1.82) is 0 Å². The van der Waals surface area contributed by atoms with E-state index < -0.39 is 21.7 Å². The van der Waals surface area contributed by atoms with Crippen LogP contribution in [0.15, 0.2) is 53.4 Å². The Balaban J connectivity index is 1.69. The average Bonchev–Trinajstić information content (AvgIpc) is 3.06. The molecule has 1 aromatic heterocycles. The van der Waals surface area contributed by atoms with Crippen molar-refractivity contribution >= 4 is 55.5 Å². The van der Waals surface area contributed by atoms with E-state index in [0.717, 1.165) is 11.3 Å². The summed E-state index contributed by atoms with van der Waals surface area (Å²) < 4.78 is 27.0. The zero-order chi connectivity index (χ0) is 20.3. The lowest BCUT2D eigenvalue weighted by Crippen LogP contribution is -2.22. The lowest BCUT2D eigenvalue weighted by atomic mass is 10.1. The van der Waals surface area contributed by atoms with Gasteiger partial charge in [-0.2, -0.15) is 0 Å². The van der Waals surface area contributed by atoms with Crippen molar-refractivity contribution in [3.05, 3.63) is 64.1 Å². The van der Waals surface area contributed by atoms with Crippen LogP contribution in [0.25, 0.3) is 0 Å². The van der Waals surface area contributed by atoms with Crippen molar-refractivity contribution in [2.75, 3.05) is 10.0 Å². The number of anilines is 2. The number of benzene rings is 2. The number of aryl methyl sites for hydroxylation is 1. The molecule has 0 fully saturated rings. The van der Waals surface area contributed by atoms with Gasteiger partial charge in [-0.25, -0.2) is 8.42 Å². The van der Waals surface area contributed by atoms with Crippen LogP contribution in [0, 0.1) is 6.92 Å². The molecule has 28 heavy (non-hydrogen) atoms. The van der Waals surface area contributed by atoms with Gasteiger partial charge in [-0.3, -0.25) is 14.3 Å². The summed E-state index contributed by atoms with van der Waals surface area (Å²) in [7, 11) is -3.84. The van der Waals surface area contributed by atoms with E-state index in [2.05, 4.69) is 20.2 Å². The number of carbonyl (C=O) groups excluding carboxylic acids is 2. The summed E-state index contributed by atoms with van der Waals surface area (Å²) in [6.45, 7) is 1.71. The second kappa shape index (κ2) is 8.05. The summed E-state index contributed by atoms with van der Waals surface area (Å²) in [5, 5.41) is 11.1. The number of Topliss-reactive ketones (excluding diaryl/α,β-unsaturated/α-hetero) is 1. The lowest BCUT2D eigenvalue weighted by Gasteiger charge is -2.07. The molecule has 0 saturated carbocycles. The minimum absolute atomic E-state index is 0.0256. The fourth-order valence-corrected chi connectivity index (χ4v) is 4.10. The van der Waals surface area contributed by atoms with Crippen LogP contribution >= 0.6 is 22.9 Å². The number of nitrogens with zero attached hydrogens (tertiary/aromatic N) is 2. The Morgan fingerprint density at radius 1 is 1.00 bits per heavy atom. The third-order valence-corrected chi connectivity index (χ3v) is 5.97. The van der Waals surface area contributed by atoms with Crippen molar-refractivity contribution in [2.45, 2.75) is 11.8 Å². The molecular formula is C17H13ClN4O4S2. The van der Waals surface area contributed by atoms with Crippen molar-refractivity contribution in [1.82, 2.24) is 10.2 Å². The molecule has 0 atom stereocenters. The molecule has 2 aromatic carbocycles. The van der Waals surface area contributed by atoms with Gasteiger partial charge in [-0.05, 0) is 55.5 Å². The van der Waals surface area contributed by atoms with E-state index in [1.165, 1.54) is 48.5 Å². The van der Waals surface area contributed by atoms with E-state index in [4.69, 9.17) is 11.6 Å². The molecule has 3 rings (SSSR count). The van der Waals surface area contributed by atoms with Crippen LogP contribution in [0.2, 0.25) is 5.02 Å². The molecule has 2 N–H and O–H groups in total. The van der Waals surface area contributed by atoms with E-state index in [1.54, 1.807) is 6.92 Å². The zero-order valence-corrected chi connectivity index (χ0v) is 16.7. The van der Waals surface area contributed by atoms with Gasteiger partial charge in [0.15, 0.2) is 0 Å². The molecule has 11 heteroatoms. The summed E-state index contributed by atoms with van der Waals surface area (Å²) in [5.41, 5.74) is 0.468. The molecular weight excluding hydrogens is 424 g/mol. The Morgan fingerprint density at radius 3 is 2.21 bits per heavy atom. The van der Waals surface area contributed by atoms with Gasteiger partial charge in [-0.15, -0.1) is 10.2 Å². The second-order valence-electron chi connectivity index (χ2n) is 5.55. The quantitative estimate of drug-likeness (QED) is 0.452. The van der Waals surface area contributed by atoms with Crippen molar-refractivity contribution in [2.24, 2.45) is 0 Å². The van der Waals surface area contributed by atoms with Gasteiger partial charge in [0.1, 0.15) is 5.01 Å². The van der Waals surface area contributed by atoms with E-state index in [1.807, 2.05) is 0 Å². The van der Waals surface area contributed by atoms with E-state index in [9.17, 15) is 18.0 Å². The first-order valence-corrected chi connectivity index (χ1v) is 10.5. The standard InChI is InChI=1S/C17H13ClN4O4S2/c1-10-20-21-17(27-10)22-28(25,26)14-8-6-13(7-9-14)19-16(24)15(23)11-2-4-12(18)5-3-11/h2-9H,1H3,(H,19,24)(H,21,22). The highest BCUT2D eigenvalue weighted by Gasteiger charge is 2.18. The van der Waals surface area contributed by atoms with Crippen LogP contribution in [0.3, 0.4) is 0 Å². The Kier molecular flexibility index (Phi) is 5.73. The number of halogens is 1. The second-order valence-corrected chi connectivity index (χ2v) is 8.85. The predicted molar refractivity (Wildman–Crippen MR) is 106 cm³/mol. The Hall–Kier alpha value is -2.82. The van der Waals surface area contributed by atoms with Crippen LogP contribution in [0.4, 0.5) is 10.8 Å². The Morgan fingerprint density at radius 2 is 1.64 bits per heavy atom. The van der Waals surface area contributed by atoms with Gasteiger partial charge in [0.25, 0.3) is 21.7 Å². The zero-order valence-electron chi connectivity index (χ0n) is 14.3. The third kappa shape index (κ3) is 4.71. The molecule has 0 bridgehead atoms. The van der Waals surface area contributed by atoms with Crippen LogP contribution in [0.1, 0.15) is 15.4 Å². The minimum Gasteiger partial charge on any atom is -0.319 e. The maximum Gasteiger partial charge on any atom is 0.296 e. The Bertz CT molecular complexity index is 1130. The highest BCUT2D eigenvalue weighted by atomic mass is 35.5. The first-order chi connectivity index (χ1) is 13.2. The number of nitrogens with one attached hydrogen (secondary N) is 2. The molecule has 0 saturated heterocycles. The van der Waals surface area contributed by atoms with Gasteiger partial charge >= 0.3 is 0 Å². The molecule has 8 nitrogen and oxygen atoms in total. The van der Waals surface area contributed by atoms with Gasteiger partial charge in [0, 0.05) is 16.3 Å². The molecule has 144 valence electrons. The molecule has 0 aliphatic rings. The molecule has 3 aromatic rings. The minimum atomic E-state index is -3.84. The predicted octanol–water partition coefficient (Wildman–Crippen LogP) is 3.12. The number of aromatic nitrogens is 2. The van der Waals surface area contributed by atoms with Gasteiger partial charge in [0.2, 0.25) is 5.13 Å². The number of hydrogen-bond acceptors (Lipinski definition) is 7. The van der Waals surface area contributed by atoms with Crippen LogP contribution in [-0.4, -0.2) is 30.3 Å². The monoisotopic (exact) mass is 436 g/mol. The number of ketones is 1. The largest absolute Gasteiger partial charge is 0.319 e. The molecule has 1 heterocycles. The maximum absolute atomic E-state index is 12.3. The van der Waals surface area contributed by atoms with E-state index in [0.29, 0.717) is 10.0 Å².